The van der Waals surface area contributed by atoms with E-state index in [1.807, 2.05) is 50.8 Å². The molecule has 1 fully saturated rings. The predicted octanol–water partition coefficient (Wildman–Crippen LogP) is 1.92. The summed E-state index contributed by atoms with van der Waals surface area (Å²) in [6.07, 6.45) is -1.37. The largest absolute Gasteiger partial charge is 0.481 e. The van der Waals surface area contributed by atoms with Crippen molar-refractivity contribution in [2.75, 3.05) is 31.6 Å². The lowest BCUT2D eigenvalue weighted by molar-refractivity contribution is -0.144. The van der Waals surface area contributed by atoms with Crippen molar-refractivity contribution < 1.29 is 29.3 Å². The van der Waals surface area contributed by atoms with Crippen LogP contribution in [0.25, 0.3) is 0 Å². The van der Waals surface area contributed by atoms with E-state index < -0.39 is 35.9 Å². The lowest BCUT2D eigenvalue weighted by atomic mass is 9.87. The van der Waals surface area contributed by atoms with Crippen LogP contribution >= 0.6 is 0 Å². The van der Waals surface area contributed by atoms with Crippen LogP contribution in [0, 0.1) is 11.8 Å². The molecule has 0 aromatic heterocycles. The number of benzene rings is 1. The molecule has 1 aliphatic rings. The molecule has 9 heteroatoms. The smallest absolute Gasteiger partial charge is 0.306 e. The zero-order valence-electron chi connectivity index (χ0n) is 20.5. The van der Waals surface area contributed by atoms with Crippen LogP contribution in [-0.4, -0.2) is 77.7 Å². The Hall–Kier alpha value is -2.20. The van der Waals surface area contributed by atoms with Gasteiger partial charge in [0.15, 0.2) is 6.29 Å². The van der Waals surface area contributed by atoms with Crippen LogP contribution < -0.4 is 15.4 Å². The van der Waals surface area contributed by atoms with Gasteiger partial charge >= 0.3 is 5.97 Å². The summed E-state index contributed by atoms with van der Waals surface area (Å²) in [6, 6.07) is 6.66. The van der Waals surface area contributed by atoms with Crippen molar-refractivity contribution in [3.8, 4) is 5.75 Å². The van der Waals surface area contributed by atoms with Crippen LogP contribution in [0.4, 0.5) is 5.69 Å². The molecule has 1 amide bonds. The molecule has 33 heavy (non-hydrogen) atoms. The lowest BCUT2D eigenvalue weighted by Crippen LogP contribution is -2.64. The number of piperazine rings is 1. The van der Waals surface area contributed by atoms with Crippen molar-refractivity contribution in [1.29, 1.82) is 0 Å². The molecule has 1 aromatic rings. The highest BCUT2D eigenvalue weighted by Crippen LogP contribution is 2.34. The molecular weight excluding hydrogens is 426 g/mol. The molecule has 1 aliphatic heterocycles. The van der Waals surface area contributed by atoms with Gasteiger partial charge in [0.05, 0.1) is 24.3 Å². The molecule has 0 unspecified atom stereocenters. The van der Waals surface area contributed by atoms with Crippen LogP contribution in [0.2, 0.25) is 0 Å². The quantitative estimate of drug-likeness (QED) is 0.423. The van der Waals surface area contributed by atoms with Gasteiger partial charge in [-0.25, -0.2) is 0 Å². The first-order valence-electron chi connectivity index (χ1n) is 11.4. The number of para-hydroxylation sites is 2. The number of rotatable bonds is 11. The number of hydrogen-bond acceptors (Lipinski definition) is 7. The van der Waals surface area contributed by atoms with E-state index in [-0.39, 0.29) is 31.3 Å². The van der Waals surface area contributed by atoms with E-state index in [1.54, 1.807) is 25.0 Å². The highest BCUT2D eigenvalue weighted by Gasteiger charge is 2.40. The van der Waals surface area contributed by atoms with Crippen molar-refractivity contribution in [3.05, 3.63) is 24.3 Å². The van der Waals surface area contributed by atoms with E-state index >= 15 is 0 Å². The van der Waals surface area contributed by atoms with Gasteiger partial charge in [0, 0.05) is 31.8 Å². The normalized spacial score (nSPS) is 20.4. The fraction of sp³-hybridized carbons (Fsp3) is 0.667. The summed E-state index contributed by atoms with van der Waals surface area (Å²) in [4.78, 5) is 28.3. The first-order chi connectivity index (χ1) is 15.4. The molecule has 0 bridgehead atoms. The number of aliphatic hydroxyl groups is 1. The van der Waals surface area contributed by atoms with Gasteiger partial charge in [-0.3, -0.25) is 14.5 Å². The van der Waals surface area contributed by atoms with E-state index in [0.717, 1.165) is 0 Å². The number of carbonyl (C=O) groups is 2. The number of carbonyl (C=O) groups excluding carboxylic acids is 1. The zero-order valence-corrected chi connectivity index (χ0v) is 20.5. The van der Waals surface area contributed by atoms with Gasteiger partial charge in [0.25, 0.3) is 0 Å². The Morgan fingerprint density at radius 2 is 1.88 bits per heavy atom. The van der Waals surface area contributed by atoms with Crippen molar-refractivity contribution in [2.45, 2.75) is 65.0 Å². The Morgan fingerprint density at radius 3 is 2.45 bits per heavy atom. The minimum absolute atomic E-state index is 0.0743. The zero-order chi connectivity index (χ0) is 24.9. The fourth-order valence-corrected chi connectivity index (χ4v) is 4.04. The van der Waals surface area contributed by atoms with Gasteiger partial charge in [-0.05, 0) is 45.2 Å². The Bertz CT molecular complexity index is 815. The third kappa shape index (κ3) is 6.89. The number of aliphatic carboxylic acids is 1. The fourth-order valence-electron chi connectivity index (χ4n) is 4.04. The van der Waals surface area contributed by atoms with Gasteiger partial charge in [-0.2, -0.15) is 0 Å². The van der Waals surface area contributed by atoms with Crippen LogP contribution in [0.15, 0.2) is 24.3 Å². The number of ether oxygens (including phenoxy) is 2. The number of carboxylic acid groups (broad SMARTS) is 1. The van der Waals surface area contributed by atoms with E-state index in [4.69, 9.17) is 15.2 Å². The Balaban J connectivity index is 2.13. The maximum atomic E-state index is 13.1. The summed E-state index contributed by atoms with van der Waals surface area (Å²) in [5.74, 6) is -1.28. The second-order valence-corrected chi connectivity index (χ2v) is 9.72. The third-order valence-corrected chi connectivity index (χ3v) is 6.35. The molecule has 0 spiro atoms. The average Bonchev–Trinajstić information content (AvgIpc) is 2.74. The summed E-state index contributed by atoms with van der Waals surface area (Å²) in [7, 11) is 1.55. The van der Waals surface area contributed by atoms with Crippen LogP contribution in [0.3, 0.4) is 0 Å². The minimum atomic E-state index is -0.984. The molecule has 0 radical (unpaired) electrons. The second kappa shape index (κ2) is 11.3. The molecule has 0 saturated carbocycles. The van der Waals surface area contributed by atoms with Gasteiger partial charge < -0.3 is 30.3 Å². The van der Waals surface area contributed by atoms with Crippen LogP contribution in [0.5, 0.6) is 5.75 Å². The topological polar surface area (TPSA) is 126 Å². The number of amides is 1. The molecule has 9 nitrogen and oxygen atoms in total. The Morgan fingerprint density at radius 1 is 1.24 bits per heavy atom. The summed E-state index contributed by atoms with van der Waals surface area (Å²) >= 11 is 0. The number of nitrogens with two attached hydrogens (primary N) is 1. The van der Waals surface area contributed by atoms with Crippen LogP contribution in [0.1, 0.15) is 41.0 Å². The first kappa shape index (κ1) is 27.0. The molecule has 0 aliphatic carbocycles. The SMILES string of the molecule is CO[C@H](C)Oc1ccccc1N1CC(C)(C)N(C[C@H](N)[C@@H](O)C[C@H](C(=O)O)C(C)C)CC1=O. The summed E-state index contributed by atoms with van der Waals surface area (Å²) < 4.78 is 11.0. The summed E-state index contributed by atoms with van der Waals surface area (Å²) in [6.45, 7) is 10.2. The van der Waals surface area contributed by atoms with Crippen molar-refractivity contribution >= 4 is 17.6 Å². The highest BCUT2D eigenvalue weighted by atomic mass is 16.7. The maximum absolute atomic E-state index is 13.1. The number of carboxylic acids is 1. The molecule has 1 aromatic carbocycles. The molecule has 1 heterocycles. The summed E-state index contributed by atoms with van der Waals surface area (Å²) in [5.41, 5.74) is 6.50. The van der Waals surface area contributed by atoms with E-state index in [9.17, 15) is 19.8 Å². The monoisotopic (exact) mass is 465 g/mol. The lowest BCUT2D eigenvalue weighted by Gasteiger charge is -2.48. The van der Waals surface area contributed by atoms with Gasteiger partial charge in [-0.1, -0.05) is 26.0 Å². The van der Waals surface area contributed by atoms with Crippen molar-refractivity contribution in [2.24, 2.45) is 17.6 Å². The van der Waals surface area contributed by atoms with Gasteiger partial charge in [0.2, 0.25) is 5.91 Å². The second-order valence-electron chi connectivity index (χ2n) is 9.72. The first-order valence-corrected chi connectivity index (χ1v) is 11.4. The van der Waals surface area contributed by atoms with Crippen molar-refractivity contribution in [3.63, 3.8) is 0 Å². The predicted molar refractivity (Wildman–Crippen MR) is 126 cm³/mol. The van der Waals surface area contributed by atoms with E-state index in [0.29, 0.717) is 18.0 Å². The molecule has 4 atom stereocenters. The van der Waals surface area contributed by atoms with Gasteiger partial charge in [-0.15, -0.1) is 0 Å². The van der Waals surface area contributed by atoms with E-state index in [2.05, 4.69) is 0 Å². The molecule has 4 N–H and O–H groups in total. The standard InChI is InChI=1S/C24H39N3O6/c1-15(2)17(23(30)31)11-20(28)18(25)12-26-13-22(29)27(14-24(26,4)5)19-9-7-8-10-21(19)33-16(3)32-6/h7-10,15-18,20,28H,11-14,25H2,1-6H3,(H,30,31)/t16-,17-,18-,20-/m0/s1. The Labute approximate surface area is 196 Å². The van der Waals surface area contributed by atoms with Gasteiger partial charge in [0.1, 0.15) is 5.75 Å². The third-order valence-electron chi connectivity index (χ3n) is 6.35. The number of nitrogens with zero attached hydrogens (tertiary/aromatic N) is 2. The highest BCUT2D eigenvalue weighted by molar-refractivity contribution is 5.97. The summed E-state index contributed by atoms with van der Waals surface area (Å²) in [5, 5.41) is 20.0. The number of methoxy groups -OCH3 is 1. The van der Waals surface area contributed by atoms with Crippen LogP contribution in [-0.2, 0) is 14.3 Å². The molecular formula is C24H39N3O6. The Kier molecular flexibility index (Phi) is 9.25. The maximum Gasteiger partial charge on any atom is 0.306 e. The minimum Gasteiger partial charge on any atom is -0.481 e. The number of hydrogen-bond donors (Lipinski definition) is 3. The van der Waals surface area contributed by atoms with Crippen molar-refractivity contribution in [1.82, 2.24) is 4.90 Å². The molecule has 2 rings (SSSR count). The molecule has 1 saturated heterocycles. The average molecular weight is 466 g/mol. The van der Waals surface area contributed by atoms with E-state index in [1.165, 1.54) is 0 Å². The number of aliphatic hydroxyl groups excluding tert-OH is 1. The molecule has 186 valence electrons. The number of anilines is 1.